The Kier molecular flexibility index (Phi) is 6.15. The van der Waals surface area contributed by atoms with E-state index in [1.54, 1.807) is 0 Å². The minimum Gasteiger partial charge on any atom is -0.397 e. The first-order valence-electron chi connectivity index (χ1n) is 5.77. The second-order valence-electron chi connectivity index (χ2n) is 3.83. The molecule has 0 saturated carbocycles. The molecule has 0 unspecified atom stereocenters. The van der Waals surface area contributed by atoms with Crippen molar-refractivity contribution < 1.29 is 9.31 Å². The Hall–Kier alpha value is -0.835. The molecule has 2 N–H and O–H groups in total. The monoisotopic (exact) mass is 221 g/mol. The molecule has 0 radical (unpaired) electrons. The molecule has 1 rings (SSSR count). The van der Waals surface area contributed by atoms with Gasteiger partial charge in [-0.1, -0.05) is 37.6 Å². The van der Waals surface area contributed by atoms with Crippen molar-refractivity contribution in [1.82, 2.24) is 0 Å². The molecule has 0 bridgehead atoms. The van der Waals surface area contributed by atoms with Gasteiger partial charge in [0.2, 0.25) is 0 Å². The van der Waals surface area contributed by atoms with Gasteiger partial charge in [0, 0.05) is 6.61 Å². The Morgan fingerprint density at radius 2 is 2.00 bits per heavy atom. The van der Waals surface area contributed by atoms with Gasteiger partial charge in [0.15, 0.2) is 0 Å². The van der Waals surface area contributed by atoms with Crippen LogP contribution in [-0.2, 0) is 15.9 Å². The highest BCUT2D eigenvalue weighted by molar-refractivity contribution is 6.40. The fraction of sp³-hybridized carbons (Fsp3) is 0.500. The first-order valence-corrected chi connectivity index (χ1v) is 5.77. The summed E-state index contributed by atoms with van der Waals surface area (Å²) in [6, 6.07) is 8.10. The van der Waals surface area contributed by atoms with E-state index in [9.17, 15) is 0 Å². The van der Waals surface area contributed by atoms with Crippen molar-refractivity contribution in [3.05, 3.63) is 35.4 Å². The zero-order valence-electron chi connectivity index (χ0n) is 10.1. The molecule has 88 valence electrons. The maximum Gasteiger partial charge on any atom is 0.552 e. The first-order chi connectivity index (χ1) is 7.74. The van der Waals surface area contributed by atoms with Crippen LogP contribution < -0.4 is 5.64 Å². The lowest BCUT2D eigenvalue weighted by Gasteiger charge is -2.11. The normalized spacial score (nSPS) is 10.4. The van der Waals surface area contributed by atoms with Crippen molar-refractivity contribution in [1.29, 1.82) is 0 Å². The zero-order chi connectivity index (χ0) is 11.8. The minimum absolute atomic E-state index is 0.500. The summed E-state index contributed by atoms with van der Waals surface area (Å²) in [5.74, 6) is 0. The van der Waals surface area contributed by atoms with E-state index in [1.807, 2.05) is 18.2 Å². The summed E-state index contributed by atoms with van der Waals surface area (Å²) in [7, 11) is -0.619. The zero-order valence-corrected chi connectivity index (χ0v) is 10.1. The van der Waals surface area contributed by atoms with Gasteiger partial charge in [-0.2, -0.15) is 0 Å². The van der Waals surface area contributed by atoms with Crippen LogP contribution in [0.25, 0.3) is 0 Å². The van der Waals surface area contributed by atoms with Crippen LogP contribution in [0.4, 0.5) is 0 Å². The van der Waals surface area contributed by atoms with Gasteiger partial charge < -0.3 is 15.0 Å². The summed E-state index contributed by atoms with van der Waals surface area (Å²) in [6.07, 6.45) is 2.12. The fourth-order valence-electron chi connectivity index (χ4n) is 1.34. The van der Waals surface area contributed by atoms with Crippen molar-refractivity contribution in [3.63, 3.8) is 0 Å². The lowest BCUT2D eigenvalue weighted by molar-refractivity contribution is 0.187. The molecule has 1 aromatic rings. The average molecular weight is 221 g/mol. The van der Waals surface area contributed by atoms with Crippen LogP contribution in [0.5, 0.6) is 0 Å². The fourth-order valence-corrected chi connectivity index (χ4v) is 1.34. The van der Waals surface area contributed by atoms with Crippen LogP contribution in [0, 0.1) is 6.92 Å². The maximum absolute atomic E-state index is 5.67. The van der Waals surface area contributed by atoms with Gasteiger partial charge in [0.25, 0.3) is 0 Å². The molecule has 0 aliphatic rings. The van der Waals surface area contributed by atoms with Crippen molar-refractivity contribution >= 4 is 7.25 Å². The Morgan fingerprint density at radius 1 is 1.25 bits per heavy atom. The summed E-state index contributed by atoms with van der Waals surface area (Å²) < 4.78 is 10.7. The van der Waals surface area contributed by atoms with Crippen LogP contribution in [0.1, 0.15) is 30.9 Å². The molecule has 0 amide bonds. The summed E-state index contributed by atoms with van der Waals surface area (Å²) >= 11 is 0. The topological polar surface area (TPSA) is 44.5 Å². The molecule has 0 aromatic heterocycles. The quantitative estimate of drug-likeness (QED) is 0.567. The van der Waals surface area contributed by atoms with Crippen molar-refractivity contribution in [2.45, 2.75) is 33.3 Å². The lowest BCUT2D eigenvalue weighted by atomic mass is 10.1. The largest absolute Gasteiger partial charge is 0.552 e. The number of rotatable bonds is 7. The van der Waals surface area contributed by atoms with Gasteiger partial charge in [-0.05, 0) is 24.5 Å². The smallest absolute Gasteiger partial charge is 0.397 e. The maximum atomic E-state index is 5.67. The predicted octanol–water partition coefficient (Wildman–Crippen LogP) is 2.27. The molecule has 0 spiro atoms. The number of nitrogens with two attached hydrogens (primary N) is 1. The molecule has 0 atom stereocenters. The highest BCUT2D eigenvalue weighted by atomic mass is 16.6. The van der Waals surface area contributed by atoms with Gasteiger partial charge in [-0.25, -0.2) is 0 Å². The molecule has 0 fully saturated rings. The molecular formula is C12H20BNO2. The molecular weight excluding hydrogens is 201 g/mol. The van der Waals surface area contributed by atoms with Gasteiger partial charge in [-0.3, -0.25) is 0 Å². The SMILES string of the molecule is CCCCOB(N)OCc1ccccc1C. The number of benzene rings is 1. The highest BCUT2D eigenvalue weighted by Crippen LogP contribution is 2.08. The highest BCUT2D eigenvalue weighted by Gasteiger charge is 2.12. The van der Waals surface area contributed by atoms with Gasteiger partial charge in [0.05, 0.1) is 6.61 Å². The second kappa shape index (κ2) is 7.44. The Balaban J connectivity index is 2.26. The minimum atomic E-state index is -0.619. The molecule has 0 aliphatic carbocycles. The molecule has 3 nitrogen and oxygen atoms in total. The third-order valence-corrected chi connectivity index (χ3v) is 2.44. The standard InChI is InChI=1S/C12H20BNO2/c1-3-4-9-15-13(14)16-10-12-8-6-5-7-11(12)2/h5-8H,3-4,9-10,14H2,1-2H3. The van der Waals surface area contributed by atoms with Crippen LogP contribution in [0.15, 0.2) is 24.3 Å². The number of aryl methyl sites for hydroxylation is 1. The van der Waals surface area contributed by atoms with E-state index in [-0.39, 0.29) is 0 Å². The molecule has 0 saturated heterocycles. The summed E-state index contributed by atoms with van der Waals surface area (Å²) in [6.45, 7) is 5.33. The van der Waals surface area contributed by atoms with Gasteiger partial charge in [-0.15, -0.1) is 0 Å². The van der Waals surface area contributed by atoms with Crippen LogP contribution in [0.2, 0.25) is 0 Å². The lowest BCUT2D eigenvalue weighted by Crippen LogP contribution is -2.34. The van der Waals surface area contributed by atoms with E-state index < -0.39 is 7.25 Å². The van der Waals surface area contributed by atoms with Gasteiger partial charge in [0.1, 0.15) is 0 Å². The third kappa shape index (κ3) is 4.79. The summed E-state index contributed by atoms with van der Waals surface area (Å²) in [5.41, 5.74) is 8.03. The van der Waals surface area contributed by atoms with Gasteiger partial charge >= 0.3 is 7.25 Å². The predicted molar refractivity (Wildman–Crippen MR) is 66.8 cm³/mol. The van der Waals surface area contributed by atoms with E-state index in [4.69, 9.17) is 15.0 Å². The van der Waals surface area contributed by atoms with E-state index in [1.165, 1.54) is 5.56 Å². The number of unbranched alkanes of at least 4 members (excludes halogenated alkanes) is 1. The van der Waals surface area contributed by atoms with Crippen LogP contribution in [-0.4, -0.2) is 13.9 Å². The first kappa shape index (κ1) is 13.2. The summed E-state index contributed by atoms with van der Waals surface area (Å²) in [4.78, 5) is 0. The van der Waals surface area contributed by atoms with Crippen molar-refractivity contribution in [2.24, 2.45) is 5.64 Å². The number of hydrogen-bond acceptors (Lipinski definition) is 3. The van der Waals surface area contributed by atoms with Crippen LogP contribution >= 0.6 is 0 Å². The van der Waals surface area contributed by atoms with E-state index in [0.717, 1.165) is 18.4 Å². The van der Waals surface area contributed by atoms with Crippen molar-refractivity contribution in [3.8, 4) is 0 Å². The van der Waals surface area contributed by atoms with E-state index in [2.05, 4.69) is 19.9 Å². The van der Waals surface area contributed by atoms with Crippen molar-refractivity contribution in [2.75, 3.05) is 6.61 Å². The molecule has 0 heterocycles. The molecule has 4 heteroatoms. The van der Waals surface area contributed by atoms with E-state index in [0.29, 0.717) is 13.2 Å². The second-order valence-corrected chi connectivity index (χ2v) is 3.83. The Morgan fingerprint density at radius 3 is 2.69 bits per heavy atom. The van der Waals surface area contributed by atoms with E-state index >= 15 is 0 Å². The Labute approximate surface area is 98.1 Å². The number of hydrogen-bond donors (Lipinski definition) is 1. The third-order valence-electron chi connectivity index (χ3n) is 2.44. The molecule has 1 aromatic carbocycles. The van der Waals surface area contributed by atoms with Crippen LogP contribution in [0.3, 0.4) is 0 Å². The molecule has 16 heavy (non-hydrogen) atoms. The molecule has 0 aliphatic heterocycles. The summed E-state index contributed by atoms with van der Waals surface area (Å²) in [5, 5.41) is 0. The Bertz CT molecular complexity index is 307. The average Bonchev–Trinajstić information content (AvgIpc) is 2.28.